The van der Waals surface area contributed by atoms with Crippen LogP contribution in [0.2, 0.25) is 0 Å². The van der Waals surface area contributed by atoms with E-state index in [-0.39, 0.29) is 5.97 Å². The van der Waals surface area contributed by atoms with Crippen LogP contribution < -0.4 is 9.64 Å². The van der Waals surface area contributed by atoms with Crippen LogP contribution in [0.15, 0.2) is 48.5 Å². The maximum absolute atomic E-state index is 11.5. The zero-order valence-corrected chi connectivity index (χ0v) is 11.8. The minimum Gasteiger partial charge on any atom is -0.465 e. The van der Waals surface area contributed by atoms with Crippen molar-refractivity contribution < 1.29 is 14.3 Å². The summed E-state index contributed by atoms with van der Waals surface area (Å²) in [5.41, 5.74) is 1.57. The zero-order chi connectivity index (χ0) is 14.5. The number of rotatable bonds is 4. The number of esters is 1. The largest absolute Gasteiger partial charge is 0.465 e. The fourth-order valence-electron chi connectivity index (χ4n) is 1.75. The third kappa shape index (κ3) is 3.29. The van der Waals surface area contributed by atoms with Gasteiger partial charge in [0.1, 0.15) is 11.5 Å². The van der Waals surface area contributed by atoms with Crippen molar-refractivity contribution >= 4 is 11.7 Å². The van der Waals surface area contributed by atoms with E-state index in [9.17, 15) is 4.79 Å². The van der Waals surface area contributed by atoms with Gasteiger partial charge in [-0.1, -0.05) is 6.07 Å². The van der Waals surface area contributed by atoms with Gasteiger partial charge in [-0.3, -0.25) is 0 Å². The predicted molar refractivity (Wildman–Crippen MR) is 78.6 cm³/mol. The van der Waals surface area contributed by atoms with Gasteiger partial charge in [0.2, 0.25) is 0 Å². The van der Waals surface area contributed by atoms with E-state index < -0.39 is 0 Å². The van der Waals surface area contributed by atoms with E-state index in [1.807, 2.05) is 43.3 Å². The van der Waals surface area contributed by atoms with Gasteiger partial charge in [0, 0.05) is 19.8 Å². The molecule has 20 heavy (non-hydrogen) atoms. The molecular weight excluding hydrogens is 254 g/mol. The SMILES string of the molecule is COC(=O)c1cccc(Oc2ccc(N(C)C)cc2)c1. The van der Waals surface area contributed by atoms with Gasteiger partial charge in [-0.25, -0.2) is 4.79 Å². The minimum atomic E-state index is -0.376. The first-order valence-corrected chi connectivity index (χ1v) is 6.24. The normalized spacial score (nSPS) is 9.95. The Morgan fingerprint density at radius 1 is 1.00 bits per heavy atom. The molecule has 2 rings (SSSR count). The summed E-state index contributed by atoms with van der Waals surface area (Å²) in [5, 5.41) is 0. The summed E-state index contributed by atoms with van der Waals surface area (Å²) in [4.78, 5) is 13.5. The number of nitrogens with zero attached hydrogens (tertiary/aromatic N) is 1. The molecule has 0 saturated heterocycles. The molecule has 2 aromatic rings. The number of methoxy groups -OCH3 is 1. The second-order valence-corrected chi connectivity index (χ2v) is 4.51. The predicted octanol–water partition coefficient (Wildman–Crippen LogP) is 3.33. The molecule has 4 heteroatoms. The summed E-state index contributed by atoms with van der Waals surface area (Å²) in [7, 11) is 5.32. The Kier molecular flexibility index (Phi) is 4.25. The molecule has 0 aliphatic rings. The number of ether oxygens (including phenoxy) is 2. The van der Waals surface area contributed by atoms with Gasteiger partial charge in [0.05, 0.1) is 12.7 Å². The first kappa shape index (κ1) is 13.9. The number of carbonyl (C=O) groups excluding carboxylic acids is 1. The van der Waals surface area contributed by atoms with Crippen LogP contribution in [0.3, 0.4) is 0 Å². The highest BCUT2D eigenvalue weighted by Crippen LogP contribution is 2.24. The molecule has 4 nitrogen and oxygen atoms in total. The topological polar surface area (TPSA) is 38.8 Å². The average Bonchev–Trinajstić information content (AvgIpc) is 2.47. The van der Waals surface area contributed by atoms with Crippen molar-refractivity contribution in [1.29, 1.82) is 0 Å². The lowest BCUT2D eigenvalue weighted by Gasteiger charge is -2.13. The highest BCUT2D eigenvalue weighted by atomic mass is 16.5. The summed E-state index contributed by atoms with van der Waals surface area (Å²) in [6, 6.07) is 14.6. The maximum atomic E-state index is 11.5. The Morgan fingerprint density at radius 2 is 1.70 bits per heavy atom. The van der Waals surface area contributed by atoms with Gasteiger partial charge in [-0.05, 0) is 42.5 Å². The molecule has 2 aromatic carbocycles. The van der Waals surface area contributed by atoms with Crippen molar-refractivity contribution in [2.24, 2.45) is 0 Å². The molecule has 104 valence electrons. The molecule has 0 aliphatic heterocycles. The molecule has 0 radical (unpaired) electrons. The summed E-state index contributed by atoms with van der Waals surface area (Å²) in [5.74, 6) is 0.946. The second-order valence-electron chi connectivity index (χ2n) is 4.51. The van der Waals surface area contributed by atoms with Gasteiger partial charge in [0.25, 0.3) is 0 Å². The van der Waals surface area contributed by atoms with Crippen LogP contribution in [0, 0.1) is 0 Å². The molecule has 0 spiro atoms. The summed E-state index contributed by atoms with van der Waals surface area (Å²) in [6.45, 7) is 0. The Hall–Kier alpha value is -2.49. The molecule has 0 aromatic heterocycles. The summed E-state index contributed by atoms with van der Waals surface area (Å²) < 4.78 is 10.4. The highest BCUT2D eigenvalue weighted by Gasteiger charge is 2.06. The molecule has 0 amide bonds. The van der Waals surface area contributed by atoms with E-state index in [1.54, 1.807) is 24.3 Å². The van der Waals surface area contributed by atoms with E-state index in [0.29, 0.717) is 11.3 Å². The number of benzene rings is 2. The standard InChI is InChI=1S/C16H17NO3/c1-17(2)13-7-9-14(10-8-13)20-15-6-4-5-12(11-15)16(18)19-3/h4-11H,1-3H3. The fraction of sp³-hybridized carbons (Fsp3) is 0.188. The van der Waals surface area contributed by atoms with E-state index in [0.717, 1.165) is 11.4 Å². The summed E-state index contributed by atoms with van der Waals surface area (Å²) >= 11 is 0. The molecular formula is C16H17NO3. The highest BCUT2D eigenvalue weighted by molar-refractivity contribution is 5.89. The van der Waals surface area contributed by atoms with Crippen molar-refractivity contribution in [3.05, 3.63) is 54.1 Å². The van der Waals surface area contributed by atoms with Gasteiger partial charge < -0.3 is 14.4 Å². The number of anilines is 1. The molecule has 0 saturated carbocycles. The number of hydrogen-bond donors (Lipinski definition) is 0. The Labute approximate surface area is 118 Å². The van der Waals surface area contributed by atoms with Gasteiger partial charge in [0.15, 0.2) is 0 Å². The van der Waals surface area contributed by atoms with E-state index in [2.05, 4.69) is 4.74 Å². The van der Waals surface area contributed by atoms with Crippen molar-refractivity contribution in [2.45, 2.75) is 0 Å². The van der Waals surface area contributed by atoms with E-state index >= 15 is 0 Å². The lowest BCUT2D eigenvalue weighted by Crippen LogP contribution is -2.07. The van der Waals surface area contributed by atoms with Crippen molar-refractivity contribution in [3.63, 3.8) is 0 Å². The minimum absolute atomic E-state index is 0.376. The van der Waals surface area contributed by atoms with Crippen LogP contribution in [-0.2, 0) is 4.74 Å². The third-order valence-corrected chi connectivity index (χ3v) is 2.84. The zero-order valence-electron chi connectivity index (χ0n) is 11.8. The first-order valence-electron chi connectivity index (χ1n) is 6.24. The Bertz CT molecular complexity index is 591. The average molecular weight is 271 g/mol. The first-order chi connectivity index (χ1) is 9.60. The monoisotopic (exact) mass is 271 g/mol. The fourth-order valence-corrected chi connectivity index (χ4v) is 1.75. The quantitative estimate of drug-likeness (QED) is 0.799. The van der Waals surface area contributed by atoms with E-state index in [4.69, 9.17) is 4.74 Å². The molecule has 0 bridgehead atoms. The Balaban J connectivity index is 2.15. The maximum Gasteiger partial charge on any atom is 0.337 e. The van der Waals surface area contributed by atoms with Gasteiger partial charge in [-0.15, -0.1) is 0 Å². The van der Waals surface area contributed by atoms with Crippen LogP contribution in [-0.4, -0.2) is 27.2 Å². The third-order valence-electron chi connectivity index (χ3n) is 2.84. The molecule has 0 N–H and O–H groups in total. The smallest absolute Gasteiger partial charge is 0.337 e. The van der Waals surface area contributed by atoms with Gasteiger partial charge >= 0.3 is 5.97 Å². The van der Waals surface area contributed by atoms with Crippen LogP contribution in [0.5, 0.6) is 11.5 Å². The molecule has 0 fully saturated rings. The van der Waals surface area contributed by atoms with Gasteiger partial charge in [-0.2, -0.15) is 0 Å². The van der Waals surface area contributed by atoms with Crippen molar-refractivity contribution in [2.75, 3.05) is 26.1 Å². The van der Waals surface area contributed by atoms with Crippen LogP contribution in [0.4, 0.5) is 5.69 Å². The van der Waals surface area contributed by atoms with E-state index in [1.165, 1.54) is 7.11 Å². The van der Waals surface area contributed by atoms with Crippen LogP contribution >= 0.6 is 0 Å². The molecule has 0 heterocycles. The lowest BCUT2D eigenvalue weighted by atomic mass is 10.2. The molecule has 0 atom stereocenters. The van der Waals surface area contributed by atoms with Crippen LogP contribution in [0.1, 0.15) is 10.4 Å². The lowest BCUT2D eigenvalue weighted by molar-refractivity contribution is 0.0600. The van der Waals surface area contributed by atoms with Crippen molar-refractivity contribution in [3.8, 4) is 11.5 Å². The number of hydrogen-bond acceptors (Lipinski definition) is 4. The second kappa shape index (κ2) is 6.10. The molecule has 0 unspecified atom stereocenters. The number of carbonyl (C=O) groups is 1. The molecule has 0 aliphatic carbocycles. The summed E-state index contributed by atoms with van der Waals surface area (Å²) in [6.07, 6.45) is 0. The van der Waals surface area contributed by atoms with Crippen LogP contribution in [0.25, 0.3) is 0 Å². The Morgan fingerprint density at radius 3 is 2.30 bits per heavy atom. The van der Waals surface area contributed by atoms with Crippen molar-refractivity contribution in [1.82, 2.24) is 0 Å².